The quantitative estimate of drug-likeness (QED) is 0.489. The number of rotatable bonds is 6. The molecule has 146 valence electrons. The van der Waals surface area contributed by atoms with Crippen LogP contribution in [-0.2, 0) is 6.54 Å². The number of amides is 2. The monoisotopic (exact) mass is 423 g/mol. The Morgan fingerprint density at radius 1 is 1.07 bits per heavy atom. The molecule has 1 aromatic carbocycles. The van der Waals surface area contributed by atoms with Gasteiger partial charge in [-0.3, -0.25) is 9.59 Å². The van der Waals surface area contributed by atoms with Crippen molar-refractivity contribution in [1.82, 2.24) is 10.3 Å². The Morgan fingerprint density at radius 2 is 1.86 bits per heavy atom. The zero-order valence-corrected chi connectivity index (χ0v) is 17.1. The van der Waals surface area contributed by atoms with Crippen molar-refractivity contribution in [1.29, 1.82) is 0 Å². The number of oxazole rings is 1. The van der Waals surface area contributed by atoms with E-state index in [-0.39, 0.29) is 18.4 Å². The van der Waals surface area contributed by atoms with Crippen LogP contribution in [0.2, 0.25) is 0 Å². The maximum absolute atomic E-state index is 12.8. The molecule has 4 aromatic rings. The van der Waals surface area contributed by atoms with Crippen LogP contribution in [0, 0.1) is 0 Å². The van der Waals surface area contributed by atoms with E-state index in [0.29, 0.717) is 27.7 Å². The van der Waals surface area contributed by atoms with Gasteiger partial charge >= 0.3 is 0 Å². The highest BCUT2D eigenvalue weighted by molar-refractivity contribution is 7.13. The fourth-order valence-electron chi connectivity index (χ4n) is 2.80. The number of aromatic nitrogens is 1. The minimum Gasteiger partial charge on any atom is -0.443 e. The van der Waals surface area contributed by atoms with E-state index in [9.17, 15) is 9.59 Å². The molecule has 0 aliphatic carbocycles. The fraction of sp³-hybridized carbons (Fsp3) is 0.0952. The van der Waals surface area contributed by atoms with Crippen LogP contribution in [0.4, 0.5) is 5.69 Å². The van der Waals surface area contributed by atoms with Crippen LogP contribution in [-0.4, -0.2) is 23.8 Å². The number of carbonyl (C=O) groups is 2. The zero-order chi connectivity index (χ0) is 20.2. The standard InChI is InChI=1S/C21H17N3O3S2/c1-24(21(26)18-9-5-11-29-18)16-7-3-2-6-15(16)19(25)22-12-14-13-27-20(23-14)17-8-4-10-28-17/h2-11,13H,12H2,1H3,(H,22,25). The van der Waals surface area contributed by atoms with Crippen molar-refractivity contribution >= 4 is 40.2 Å². The van der Waals surface area contributed by atoms with Gasteiger partial charge in [0, 0.05) is 7.05 Å². The number of anilines is 1. The van der Waals surface area contributed by atoms with Crippen molar-refractivity contribution in [2.24, 2.45) is 0 Å². The Balaban J connectivity index is 1.47. The number of hydrogen-bond donors (Lipinski definition) is 1. The number of carbonyl (C=O) groups excluding carboxylic acids is 2. The highest BCUT2D eigenvalue weighted by Gasteiger charge is 2.20. The molecule has 6 nitrogen and oxygen atoms in total. The summed E-state index contributed by atoms with van der Waals surface area (Å²) in [6.45, 7) is 0.227. The summed E-state index contributed by atoms with van der Waals surface area (Å²) in [5, 5.41) is 6.65. The van der Waals surface area contributed by atoms with E-state index in [4.69, 9.17) is 4.42 Å². The van der Waals surface area contributed by atoms with Crippen LogP contribution in [0.1, 0.15) is 25.7 Å². The highest BCUT2D eigenvalue weighted by atomic mass is 32.1. The van der Waals surface area contributed by atoms with Crippen molar-refractivity contribution in [2.45, 2.75) is 6.54 Å². The van der Waals surface area contributed by atoms with Crippen LogP contribution in [0.25, 0.3) is 10.8 Å². The summed E-state index contributed by atoms with van der Waals surface area (Å²) in [6, 6.07) is 14.5. The maximum Gasteiger partial charge on any atom is 0.268 e. The number of hydrogen-bond acceptors (Lipinski definition) is 6. The lowest BCUT2D eigenvalue weighted by Gasteiger charge is -2.19. The van der Waals surface area contributed by atoms with Gasteiger partial charge in [0.05, 0.1) is 33.2 Å². The third-order valence-electron chi connectivity index (χ3n) is 4.26. The normalized spacial score (nSPS) is 10.7. The van der Waals surface area contributed by atoms with Gasteiger partial charge in [-0.2, -0.15) is 0 Å². The van der Waals surface area contributed by atoms with Crippen LogP contribution >= 0.6 is 22.7 Å². The number of benzene rings is 1. The minimum absolute atomic E-state index is 0.155. The fourth-order valence-corrected chi connectivity index (χ4v) is 4.15. The van der Waals surface area contributed by atoms with Gasteiger partial charge < -0.3 is 14.6 Å². The molecule has 3 heterocycles. The number of nitrogens with zero attached hydrogens (tertiary/aromatic N) is 2. The molecule has 0 fully saturated rings. The third-order valence-corrected chi connectivity index (χ3v) is 5.98. The maximum atomic E-state index is 12.8. The molecule has 4 rings (SSSR count). The molecule has 0 bridgehead atoms. The second kappa shape index (κ2) is 8.42. The molecule has 0 spiro atoms. The van der Waals surface area contributed by atoms with Crippen molar-refractivity contribution in [3.8, 4) is 10.8 Å². The van der Waals surface area contributed by atoms with Gasteiger partial charge in [0.15, 0.2) is 0 Å². The van der Waals surface area contributed by atoms with Crippen molar-refractivity contribution in [3.63, 3.8) is 0 Å². The van der Waals surface area contributed by atoms with E-state index in [1.807, 2.05) is 29.0 Å². The summed E-state index contributed by atoms with van der Waals surface area (Å²) in [5.74, 6) is 0.0929. The SMILES string of the molecule is CN(C(=O)c1cccs1)c1ccccc1C(=O)NCc1coc(-c2cccs2)n1. The molecule has 0 aliphatic rings. The largest absolute Gasteiger partial charge is 0.443 e. The van der Waals surface area contributed by atoms with E-state index in [2.05, 4.69) is 10.3 Å². The summed E-state index contributed by atoms with van der Waals surface area (Å²) in [5.41, 5.74) is 1.59. The second-order valence-electron chi connectivity index (χ2n) is 6.16. The summed E-state index contributed by atoms with van der Waals surface area (Å²) >= 11 is 2.90. The van der Waals surface area contributed by atoms with E-state index >= 15 is 0 Å². The van der Waals surface area contributed by atoms with Crippen LogP contribution in [0.15, 0.2) is 70.0 Å². The van der Waals surface area contributed by atoms with Gasteiger partial charge in [-0.05, 0) is 35.0 Å². The Hall–Kier alpha value is -3.23. The molecule has 2 amide bonds. The van der Waals surface area contributed by atoms with Gasteiger partial charge in [-0.15, -0.1) is 22.7 Å². The lowest BCUT2D eigenvalue weighted by Crippen LogP contribution is -2.30. The molecular formula is C21H17N3O3S2. The van der Waals surface area contributed by atoms with Crippen LogP contribution in [0.5, 0.6) is 0 Å². The minimum atomic E-state index is -0.285. The number of para-hydroxylation sites is 1. The Labute approximate surface area is 175 Å². The molecule has 0 aliphatic heterocycles. The van der Waals surface area contributed by atoms with Gasteiger partial charge in [0.1, 0.15) is 6.26 Å². The van der Waals surface area contributed by atoms with Crippen LogP contribution < -0.4 is 10.2 Å². The molecule has 0 radical (unpaired) electrons. The Bertz CT molecular complexity index is 1120. The Morgan fingerprint density at radius 3 is 2.62 bits per heavy atom. The predicted octanol–water partition coefficient (Wildman–Crippen LogP) is 4.67. The van der Waals surface area contributed by atoms with Gasteiger partial charge in [-0.1, -0.05) is 24.3 Å². The second-order valence-corrected chi connectivity index (χ2v) is 8.06. The molecule has 3 aromatic heterocycles. The topological polar surface area (TPSA) is 75.4 Å². The predicted molar refractivity (Wildman–Crippen MR) is 114 cm³/mol. The summed E-state index contributed by atoms with van der Waals surface area (Å²) in [4.78, 5) is 32.9. The average Bonchev–Trinajstić information content (AvgIpc) is 3.52. The first-order valence-electron chi connectivity index (χ1n) is 8.80. The van der Waals surface area contributed by atoms with Gasteiger partial charge in [0.25, 0.3) is 11.8 Å². The first kappa shape index (κ1) is 19.1. The molecule has 0 saturated heterocycles. The lowest BCUT2D eigenvalue weighted by molar-refractivity contribution is 0.0951. The van der Waals surface area contributed by atoms with E-state index in [1.165, 1.54) is 33.8 Å². The average molecular weight is 424 g/mol. The Kier molecular flexibility index (Phi) is 5.55. The van der Waals surface area contributed by atoms with Gasteiger partial charge in [-0.25, -0.2) is 4.98 Å². The van der Waals surface area contributed by atoms with Gasteiger partial charge in [0.2, 0.25) is 5.89 Å². The van der Waals surface area contributed by atoms with Crippen molar-refractivity contribution in [3.05, 3.63) is 81.7 Å². The van der Waals surface area contributed by atoms with E-state index < -0.39 is 0 Å². The summed E-state index contributed by atoms with van der Waals surface area (Å²) in [7, 11) is 1.67. The molecule has 0 saturated carbocycles. The van der Waals surface area contributed by atoms with Crippen molar-refractivity contribution in [2.75, 3.05) is 11.9 Å². The van der Waals surface area contributed by atoms with Crippen molar-refractivity contribution < 1.29 is 14.0 Å². The van der Waals surface area contributed by atoms with E-state index in [0.717, 1.165) is 4.88 Å². The third kappa shape index (κ3) is 4.13. The first-order valence-corrected chi connectivity index (χ1v) is 10.6. The smallest absolute Gasteiger partial charge is 0.268 e. The lowest BCUT2D eigenvalue weighted by atomic mass is 10.1. The summed E-state index contributed by atoms with van der Waals surface area (Å²) in [6.07, 6.45) is 1.54. The molecule has 0 atom stereocenters. The highest BCUT2D eigenvalue weighted by Crippen LogP contribution is 2.24. The van der Waals surface area contributed by atoms with E-state index in [1.54, 1.807) is 37.4 Å². The number of nitrogens with one attached hydrogen (secondary N) is 1. The number of thiophene rings is 2. The molecule has 8 heteroatoms. The molecule has 0 unspecified atom stereocenters. The molecule has 29 heavy (non-hydrogen) atoms. The van der Waals surface area contributed by atoms with Crippen LogP contribution in [0.3, 0.4) is 0 Å². The molecular weight excluding hydrogens is 406 g/mol. The zero-order valence-electron chi connectivity index (χ0n) is 15.5. The summed E-state index contributed by atoms with van der Waals surface area (Å²) < 4.78 is 5.48. The molecule has 1 N–H and O–H groups in total. The first-order chi connectivity index (χ1) is 14.1.